The molecule has 1 aliphatic carbocycles. The van der Waals surface area contributed by atoms with E-state index in [1.807, 2.05) is 19.9 Å². The van der Waals surface area contributed by atoms with Crippen LogP contribution in [0.15, 0.2) is 6.07 Å². The molecule has 1 aliphatic rings. The molecular weight excluding hydrogens is 266 g/mol. The van der Waals surface area contributed by atoms with Gasteiger partial charge in [0.1, 0.15) is 5.69 Å². The van der Waals surface area contributed by atoms with Crippen LogP contribution in [-0.4, -0.2) is 44.8 Å². The number of aliphatic hydroxyl groups excluding tert-OH is 1. The van der Waals surface area contributed by atoms with Gasteiger partial charge in [-0.25, -0.2) is 0 Å². The summed E-state index contributed by atoms with van der Waals surface area (Å²) in [5.41, 5.74) is 1.55. The first-order valence-corrected chi connectivity index (χ1v) is 8.03. The molecule has 1 saturated carbocycles. The van der Waals surface area contributed by atoms with Gasteiger partial charge in [0.05, 0.1) is 6.10 Å². The molecule has 0 bridgehead atoms. The molecule has 2 rings (SSSR count). The van der Waals surface area contributed by atoms with Crippen LogP contribution in [0.3, 0.4) is 0 Å². The van der Waals surface area contributed by atoms with E-state index < -0.39 is 6.10 Å². The third kappa shape index (κ3) is 4.06. The normalized spacial score (nSPS) is 18.0. The molecule has 1 fully saturated rings. The van der Waals surface area contributed by atoms with Crippen molar-refractivity contribution in [2.75, 3.05) is 6.54 Å². The lowest BCUT2D eigenvalue weighted by Gasteiger charge is -2.27. The van der Waals surface area contributed by atoms with Crippen LogP contribution in [0, 0.1) is 0 Å². The molecule has 0 aromatic carbocycles. The van der Waals surface area contributed by atoms with Crippen molar-refractivity contribution in [1.29, 1.82) is 0 Å². The van der Waals surface area contributed by atoms with Gasteiger partial charge in [-0.2, -0.15) is 5.10 Å². The van der Waals surface area contributed by atoms with Crippen molar-refractivity contribution in [3.8, 4) is 0 Å². The Morgan fingerprint density at radius 2 is 2.05 bits per heavy atom. The Balaban J connectivity index is 2.09. The minimum absolute atomic E-state index is 0.0435. The molecule has 0 radical (unpaired) electrons. The van der Waals surface area contributed by atoms with E-state index in [1.165, 1.54) is 32.1 Å². The molecule has 0 saturated heterocycles. The highest BCUT2D eigenvalue weighted by molar-refractivity contribution is 5.92. The fourth-order valence-electron chi connectivity index (χ4n) is 3.03. The van der Waals surface area contributed by atoms with E-state index in [1.54, 1.807) is 11.8 Å². The zero-order chi connectivity index (χ0) is 15.4. The summed E-state index contributed by atoms with van der Waals surface area (Å²) in [7, 11) is 0. The zero-order valence-corrected chi connectivity index (χ0v) is 13.3. The number of carbonyl (C=O) groups is 1. The lowest BCUT2D eigenvalue weighted by molar-refractivity contribution is 0.0573. The third-order valence-electron chi connectivity index (χ3n) is 4.21. The summed E-state index contributed by atoms with van der Waals surface area (Å²) < 4.78 is 0. The van der Waals surface area contributed by atoms with Crippen molar-refractivity contribution >= 4 is 5.91 Å². The highest BCUT2D eigenvalue weighted by Crippen LogP contribution is 2.31. The van der Waals surface area contributed by atoms with Gasteiger partial charge in [-0.15, -0.1) is 0 Å². The van der Waals surface area contributed by atoms with E-state index in [9.17, 15) is 9.90 Å². The quantitative estimate of drug-likeness (QED) is 0.877. The average molecular weight is 293 g/mol. The molecular formula is C16H27N3O2. The average Bonchev–Trinajstić information content (AvgIpc) is 2.94. The molecule has 0 aliphatic heterocycles. The maximum atomic E-state index is 12.6. The molecule has 118 valence electrons. The molecule has 1 aromatic heterocycles. The molecule has 1 aromatic rings. The van der Waals surface area contributed by atoms with Gasteiger partial charge in [-0.05, 0) is 39.7 Å². The number of rotatable bonds is 5. The number of aromatic nitrogens is 2. The topological polar surface area (TPSA) is 69.2 Å². The van der Waals surface area contributed by atoms with Crippen molar-refractivity contribution < 1.29 is 9.90 Å². The number of nitrogens with zero attached hydrogens (tertiary/aromatic N) is 2. The minimum Gasteiger partial charge on any atom is -0.392 e. The molecule has 0 spiro atoms. The van der Waals surface area contributed by atoms with Crippen LogP contribution in [-0.2, 0) is 0 Å². The standard InChI is InChI=1S/C16H27N3O2/c1-11(2)19(10-12(3)20)16(21)15-9-14(17-18-15)13-7-5-4-6-8-13/h9,11-13,20H,4-8,10H2,1-3H3,(H,17,18). The Labute approximate surface area is 126 Å². The van der Waals surface area contributed by atoms with E-state index >= 15 is 0 Å². The number of amides is 1. The summed E-state index contributed by atoms with van der Waals surface area (Å²) >= 11 is 0. The summed E-state index contributed by atoms with van der Waals surface area (Å²) in [5, 5.41) is 16.8. The lowest BCUT2D eigenvalue weighted by atomic mass is 9.87. The minimum atomic E-state index is -0.534. The molecule has 5 nitrogen and oxygen atoms in total. The highest BCUT2D eigenvalue weighted by atomic mass is 16.3. The van der Waals surface area contributed by atoms with Crippen LogP contribution in [0.5, 0.6) is 0 Å². The Hall–Kier alpha value is -1.36. The van der Waals surface area contributed by atoms with Gasteiger partial charge in [0.25, 0.3) is 5.91 Å². The maximum Gasteiger partial charge on any atom is 0.274 e. The van der Waals surface area contributed by atoms with Gasteiger partial charge in [0, 0.05) is 24.2 Å². The number of aliphatic hydroxyl groups is 1. The van der Waals surface area contributed by atoms with Crippen molar-refractivity contribution in [2.24, 2.45) is 0 Å². The Morgan fingerprint density at radius 3 is 2.62 bits per heavy atom. The Bertz CT molecular complexity index is 462. The van der Waals surface area contributed by atoms with E-state index in [2.05, 4.69) is 10.2 Å². The molecule has 21 heavy (non-hydrogen) atoms. The molecule has 1 atom stereocenters. The largest absolute Gasteiger partial charge is 0.392 e. The van der Waals surface area contributed by atoms with Crippen LogP contribution < -0.4 is 0 Å². The van der Waals surface area contributed by atoms with Crippen molar-refractivity contribution in [2.45, 2.75) is 70.9 Å². The van der Waals surface area contributed by atoms with Gasteiger partial charge in [0.15, 0.2) is 0 Å². The first kappa shape index (κ1) is 16.0. The fourth-order valence-corrected chi connectivity index (χ4v) is 3.03. The van der Waals surface area contributed by atoms with Crippen molar-refractivity contribution in [3.63, 3.8) is 0 Å². The third-order valence-corrected chi connectivity index (χ3v) is 4.21. The predicted molar refractivity (Wildman–Crippen MR) is 82.3 cm³/mol. The number of H-pyrrole nitrogens is 1. The van der Waals surface area contributed by atoms with Crippen LogP contribution in [0.1, 0.15) is 75.0 Å². The molecule has 2 N–H and O–H groups in total. The van der Waals surface area contributed by atoms with Crippen LogP contribution >= 0.6 is 0 Å². The summed E-state index contributed by atoms with van der Waals surface area (Å²) in [6, 6.07) is 1.94. The number of hydrogen-bond acceptors (Lipinski definition) is 3. The summed E-state index contributed by atoms with van der Waals surface area (Å²) in [5.74, 6) is 0.404. The van der Waals surface area contributed by atoms with E-state index in [4.69, 9.17) is 0 Å². The second-order valence-corrected chi connectivity index (χ2v) is 6.44. The maximum absolute atomic E-state index is 12.6. The first-order chi connectivity index (χ1) is 9.99. The van der Waals surface area contributed by atoms with Gasteiger partial charge < -0.3 is 10.0 Å². The SMILES string of the molecule is CC(O)CN(C(=O)c1cc(C2CCCCC2)[nH]n1)C(C)C. The second kappa shape index (κ2) is 7.07. The summed E-state index contributed by atoms with van der Waals surface area (Å²) in [6.45, 7) is 5.94. The van der Waals surface area contributed by atoms with Crippen LogP contribution in [0.4, 0.5) is 0 Å². The lowest BCUT2D eigenvalue weighted by Crippen LogP contribution is -2.41. The Kier molecular flexibility index (Phi) is 5.39. The number of aromatic amines is 1. The smallest absolute Gasteiger partial charge is 0.274 e. The monoisotopic (exact) mass is 293 g/mol. The van der Waals surface area contributed by atoms with E-state index in [0.717, 1.165) is 5.69 Å². The fraction of sp³-hybridized carbons (Fsp3) is 0.750. The molecule has 1 unspecified atom stereocenters. The summed E-state index contributed by atoms with van der Waals surface area (Å²) in [4.78, 5) is 14.2. The van der Waals surface area contributed by atoms with Gasteiger partial charge in [-0.3, -0.25) is 9.89 Å². The second-order valence-electron chi connectivity index (χ2n) is 6.44. The Morgan fingerprint density at radius 1 is 1.38 bits per heavy atom. The number of hydrogen-bond donors (Lipinski definition) is 2. The first-order valence-electron chi connectivity index (χ1n) is 8.03. The van der Waals surface area contributed by atoms with Crippen molar-refractivity contribution in [3.05, 3.63) is 17.5 Å². The van der Waals surface area contributed by atoms with Crippen LogP contribution in [0.25, 0.3) is 0 Å². The van der Waals surface area contributed by atoms with E-state index in [0.29, 0.717) is 18.2 Å². The number of carbonyl (C=O) groups excluding carboxylic acids is 1. The van der Waals surface area contributed by atoms with Gasteiger partial charge >= 0.3 is 0 Å². The zero-order valence-electron chi connectivity index (χ0n) is 13.3. The van der Waals surface area contributed by atoms with Gasteiger partial charge in [0.2, 0.25) is 0 Å². The van der Waals surface area contributed by atoms with Crippen molar-refractivity contribution in [1.82, 2.24) is 15.1 Å². The van der Waals surface area contributed by atoms with E-state index in [-0.39, 0.29) is 11.9 Å². The number of nitrogens with one attached hydrogen (secondary N) is 1. The van der Waals surface area contributed by atoms with Gasteiger partial charge in [-0.1, -0.05) is 19.3 Å². The summed E-state index contributed by atoms with van der Waals surface area (Å²) in [6.07, 6.45) is 5.65. The highest BCUT2D eigenvalue weighted by Gasteiger charge is 2.24. The molecule has 5 heteroatoms. The molecule has 1 amide bonds. The molecule has 1 heterocycles. The van der Waals surface area contributed by atoms with Crippen LogP contribution in [0.2, 0.25) is 0 Å². The predicted octanol–water partition coefficient (Wildman–Crippen LogP) is 2.69.